The van der Waals surface area contributed by atoms with E-state index in [1.807, 2.05) is 31.9 Å². The molecule has 1 aromatic carbocycles. The normalized spacial score (nSPS) is 10.3. The monoisotopic (exact) mass is 230 g/mol. The van der Waals surface area contributed by atoms with E-state index in [1.165, 1.54) is 11.3 Å². The highest BCUT2D eigenvalue weighted by Gasteiger charge is 1.99. The van der Waals surface area contributed by atoms with Crippen LogP contribution in [0.2, 0.25) is 0 Å². The van der Waals surface area contributed by atoms with E-state index in [2.05, 4.69) is 39.6 Å². The summed E-state index contributed by atoms with van der Waals surface area (Å²) in [5.74, 6) is 1.03. The molecule has 4 nitrogen and oxygen atoms in total. The maximum absolute atomic E-state index is 4.11. The number of hydrogen-bond donors (Lipinski definition) is 1. The fourth-order valence-electron chi connectivity index (χ4n) is 1.65. The third-order valence-corrected chi connectivity index (χ3v) is 2.75. The summed E-state index contributed by atoms with van der Waals surface area (Å²) in [5, 5.41) is 7.46. The molecule has 1 heterocycles. The number of aromatic nitrogens is 2. The number of hydrogen-bond acceptors (Lipinski definition) is 3. The Bertz CT molecular complexity index is 470. The predicted molar refractivity (Wildman–Crippen MR) is 71.3 cm³/mol. The quantitative estimate of drug-likeness (QED) is 0.873. The molecular formula is C13H18N4. The highest BCUT2D eigenvalue weighted by atomic mass is 15.3. The molecule has 0 radical (unpaired) electrons. The predicted octanol–water partition coefficient (Wildman–Crippen LogP) is 2.10. The summed E-state index contributed by atoms with van der Waals surface area (Å²) in [6.45, 7) is 0.813. The fourth-order valence-corrected chi connectivity index (χ4v) is 1.65. The molecule has 2 aromatic rings. The van der Waals surface area contributed by atoms with Crippen molar-refractivity contribution >= 4 is 11.5 Å². The summed E-state index contributed by atoms with van der Waals surface area (Å²) in [7, 11) is 6.02. The molecule has 0 aliphatic rings. The molecule has 0 fully saturated rings. The Morgan fingerprint density at radius 2 is 1.88 bits per heavy atom. The van der Waals surface area contributed by atoms with Crippen LogP contribution < -0.4 is 10.2 Å². The molecular weight excluding hydrogens is 212 g/mol. The number of rotatable bonds is 4. The van der Waals surface area contributed by atoms with Gasteiger partial charge in [-0.05, 0) is 17.7 Å². The van der Waals surface area contributed by atoms with Crippen LogP contribution in [0.1, 0.15) is 5.56 Å². The van der Waals surface area contributed by atoms with Crippen LogP contribution in [0.3, 0.4) is 0 Å². The third-order valence-electron chi connectivity index (χ3n) is 2.75. The smallest absolute Gasteiger partial charge is 0.124 e. The molecule has 0 aliphatic carbocycles. The van der Waals surface area contributed by atoms with Crippen molar-refractivity contribution in [2.75, 3.05) is 24.3 Å². The van der Waals surface area contributed by atoms with Gasteiger partial charge in [-0.2, -0.15) is 5.10 Å². The van der Waals surface area contributed by atoms with Crippen molar-refractivity contribution in [2.45, 2.75) is 6.54 Å². The molecule has 0 unspecified atom stereocenters. The summed E-state index contributed by atoms with van der Waals surface area (Å²) < 4.78 is 1.83. The molecule has 0 saturated heterocycles. The summed E-state index contributed by atoms with van der Waals surface area (Å²) in [4.78, 5) is 2.10. The van der Waals surface area contributed by atoms with E-state index < -0.39 is 0 Å². The maximum Gasteiger partial charge on any atom is 0.124 e. The molecule has 4 heteroatoms. The van der Waals surface area contributed by atoms with Gasteiger partial charge in [0.2, 0.25) is 0 Å². The minimum Gasteiger partial charge on any atom is -0.378 e. The second kappa shape index (κ2) is 4.91. The summed E-state index contributed by atoms with van der Waals surface area (Å²) in [5.41, 5.74) is 2.48. The van der Waals surface area contributed by atoms with Crippen molar-refractivity contribution < 1.29 is 0 Å². The van der Waals surface area contributed by atoms with Gasteiger partial charge in [0.1, 0.15) is 5.82 Å². The molecule has 1 N–H and O–H groups in total. The topological polar surface area (TPSA) is 33.1 Å². The first-order chi connectivity index (χ1) is 8.16. The van der Waals surface area contributed by atoms with Crippen LogP contribution in [0.5, 0.6) is 0 Å². The summed E-state index contributed by atoms with van der Waals surface area (Å²) >= 11 is 0. The zero-order valence-electron chi connectivity index (χ0n) is 10.5. The summed E-state index contributed by atoms with van der Waals surface area (Å²) in [6.07, 6.45) is 1.79. The van der Waals surface area contributed by atoms with E-state index >= 15 is 0 Å². The average molecular weight is 230 g/mol. The Morgan fingerprint density at radius 1 is 1.18 bits per heavy atom. The van der Waals surface area contributed by atoms with Crippen LogP contribution in [0.15, 0.2) is 36.5 Å². The fraction of sp³-hybridized carbons (Fsp3) is 0.308. The van der Waals surface area contributed by atoms with Crippen LogP contribution in [0.25, 0.3) is 0 Å². The van der Waals surface area contributed by atoms with Gasteiger partial charge in [0.25, 0.3) is 0 Å². The summed E-state index contributed by atoms with van der Waals surface area (Å²) in [6, 6.07) is 10.5. The third kappa shape index (κ3) is 2.78. The number of anilines is 2. The van der Waals surface area contributed by atoms with Gasteiger partial charge in [-0.15, -0.1) is 0 Å². The molecule has 0 amide bonds. The lowest BCUT2D eigenvalue weighted by Gasteiger charge is -2.13. The second-order valence-corrected chi connectivity index (χ2v) is 4.25. The molecule has 0 bridgehead atoms. The van der Waals surface area contributed by atoms with Gasteiger partial charge in [-0.3, -0.25) is 4.68 Å². The lowest BCUT2D eigenvalue weighted by Crippen LogP contribution is -2.09. The van der Waals surface area contributed by atoms with Crippen LogP contribution in [0.4, 0.5) is 11.5 Å². The van der Waals surface area contributed by atoms with Crippen LogP contribution in [-0.4, -0.2) is 23.9 Å². The van der Waals surface area contributed by atoms with Gasteiger partial charge in [-0.1, -0.05) is 12.1 Å². The highest BCUT2D eigenvalue weighted by molar-refractivity contribution is 5.46. The highest BCUT2D eigenvalue weighted by Crippen LogP contribution is 2.13. The Balaban J connectivity index is 1.98. The van der Waals surface area contributed by atoms with Crippen molar-refractivity contribution in [3.8, 4) is 0 Å². The van der Waals surface area contributed by atoms with Crippen LogP contribution >= 0.6 is 0 Å². The Kier molecular flexibility index (Phi) is 3.32. The molecule has 90 valence electrons. The zero-order valence-corrected chi connectivity index (χ0v) is 10.5. The molecule has 1 aromatic heterocycles. The lowest BCUT2D eigenvalue weighted by atomic mass is 10.2. The molecule has 2 rings (SSSR count). The lowest BCUT2D eigenvalue weighted by molar-refractivity contribution is 0.769. The van der Waals surface area contributed by atoms with E-state index in [0.717, 1.165) is 12.4 Å². The van der Waals surface area contributed by atoms with E-state index in [0.29, 0.717) is 0 Å². The van der Waals surface area contributed by atoms with Gasteiger partial charge in [0, 0.05) is 39.4 Å². The Morgan fingerprint density at radius 3 is 2.41 bits per heavy atom. The van der Waals surface area contributed by atoms with Crippen molar-refractivity contribution in [3.63, 3.8) is 0 Å². The maximum atomic E-state index is 4.11. The molecule has 0 aliphatic heterocycles. The number of nitrogens with one attached hydrogen (secondary N) is 1. The van der Waals surface area contributed by atoms with Gasteiger partial charge < -0.3 is 10.2 Å². The van der Waals surface area contributed by atoms with Crippen molar-refractivity contribution in [1.82, 2.24) is 9.78 Å². The molecule has 17 heavy (non-hydrogen) atoms. The zero-order chi connectivity index (χ0) is 12.3. The first kappa shape index (κ1) is 11.5. The van der Waals surface area contributed by atoms with Crippen LogP contribution in [-0.2, 0) is 13.6 Å². The number of benzene rings is 1. The second-order valence-electron chi connectivity index (χ2n) is 4.25. The van der Waals surface area contributed by atoms with Gasteiger partial charge in [-0.25, -0.2) is 0 Å². The van der Waals surface area contributed by atoms with Gasteiger partial charge in [0.05, 0.1) is 6.20 Å². The van der Waals surface area contributed by atoms with E-state index in [-0.39, 0.29) is 0 Å². The Hall–Kier alpha value is -1.97. The van der Waals surface area contributed by atoms with E-state index in [1.54, 1.807) is 6.20 Å². The number of nitrogens with zero attached hydrogens (tertiary/aromatic N) is 3. The standard InChI is InChI=1S/C13H18N4/c1-16(2)12-6-4-11(5-7-12)10-14-13-8-9-15-17(13)3/h4-9,14H,10H2,1-3H3. The molecule has 0 spiro atoms. The van der Waals surface area contributed by atoms with Crippen molar-refractivity contribution in [2.24, 2.45) is 7.05 Å². The number of aryl methyl sites for hydroxylation is 1. The average Bonchev–Trinajstić information content (AvgIpc) is 2.73. The largest absolute Gasteiger partial charge is 0.378 e. The van der Waals surface area contributed by atoms with E-state index in [9.17, 15) is 0 Å². The minimum atomic E-state index is 0.813. The van der Waals surface area contributed by atoms with Gasteiger partial charge in [0.15, 0.2) is 0 Å². The minimum absolute atomic E-state index is 0.813. The van der Waals surface area contributed by atoms with Crippen molar-refractivity contribution in [1.29, 1.82) is 0 Å². The van der Waals surface area contributed by atoms with Gasteiger partial charge >= 0.3 is 0 Å². The first-order valence-corrected chi connectivity index (χ1v) is 5.65. The molecule has 0 atom stereocenters. The first-order valence-electron chi connectivity index (χ1n) is 5.65. The van der Waals surface area contributed by atoms with Crippen LogP contribution in [0, 0.1) is 0 Å². The SMILES string of the molecule is CN(C)c1ccc(CNc2ccnn2C)cc1. The van der Waals surface area contributed by atoms with E-state index in [4.69, 9.17) is 0 Å². The van der Waals surface area contributed by atoms with Crippen molar-refractivity contribution in [3.05, 3.63) is 42.1 Å². The Labute approximate surface area is 102 Å². The molecule has 0 saturated carbocycles.